The third-order valence-corrected chi connectivity index (χ3v) is 6.21. The van der Waals surface area contributed by atoms with E-state index >= 15 is 0 Å². The molecular weight excluding hydrogens is 519 g/mol. The summed E-state index contributed by atoms with van der Waals surface area (Å²) in [6.45, 7) is 0. The van der Waals surface area contributed by atoms with Crippen molar-refractivity contribution in [2.45, 2.75) is 6.18 Å². The Hall–Kier alpha value is -4.10. The summed E-state index contributed by atoms with van der Waals surface area (Å²) >= 11 is 6.64. The number of pyridine rings is 2. The van der Waals surface area contributed by atoms with Gasteiger partial charge < -0.3 is 10.1 Å². The molecule has 0 aliphatic carbocycles. The van der Waals surface area contributed by atoms with Crippen molar-refractivity contribution in [1.82, 2.24) is 29.3 Å². The van der Waals surface area contributed by atoms with Gasteiger partial charge in [0.15, 0.2) is 5.82 Å². The Bertz CT molecular complexity index is 1590. The van der Waals surface area contributed by atoms with E-state index in [4.69, 9.17) is 16.3 Å². The zero-order valence-electron chi connectivity index (χ0n) is 18.1. The Labute approximate surface area is 209 Å². The second-order valence-corrected chi connectivity index (χ2v) is 8.44. The number of fused-ring (bicyclic) bond motifs is 1. The SMILES string of the molecule is COc1nccc2c(-c3nsc(C(=O)Nc4cnc(-n5nccn5)c(Cl)c4)c3C(F)(F)F)cccc12. The first kappa shape index (κ1) is 23.6. The first-order valence-corrected chi connectivity index (χ1v) is 11.3. The molecule has 0 aliphatic heterocycles. The predicted octanol–water partition coefficient (Wildman–Crippen LogP) is 5.27. The molecule has 0 atom stereocenters. The lowest BCUT2D eigenvalue weighted by Gasteiger charge is -2.12. The lowest BCUT2D eigenvalue weighted by atomic mass is 9.99. The molecular formula is C22H13ClF3N7O2S. The van der Waals surface area contributed by atoms with E-state index in [9.17, 15) is 18.0 Å². The van der Waals surface area contributed by atoms with Gasteiger partial charge in [0.25, 0.3) is 5.91 Å². The average Bonchev–Trinajstić information content (AvgIpc) is 3.54. The molecule has 0 fully saturated rings. The lowest BCUT2D eigenvalue weighted by Crippen LogP contribution is -2.17. The van der Waals surface area contributed by atoms with Crippen LogP contribution in [0.5, 0.6) is 5.88 Å². The molecule has 5 rings (SSSR count). The van der Waals surface area contributed by atoms with E-state index < -0.39 is 22.5 Å². The van der Waals surface area contributed by atoms with Crippen LogP contribution in [0.1, 0.15) is 15.2 Å². The van der Waals surface area contributed by atoms with Gasteiger partial charge in [0.1, 0.15) is 10.4 Å². The summed E-state index contributed by atoms with van der Waals surface area (Å²) in [4.78, 5) is 21.7. The Morgan fingerprint density at radius 2 is 1.89 bits per heavy atom. The van der Waals surface area contributed by atoms with Crippen molar-refractivity contribution in [3.63, 3.8) is 0 Å². The van der Waals surface area contributed by atoms with E-state index in [1.165, 1.54) is 48.8 Å². The van der Waals surface area contributed by atoms with Crippen LogP contribution < -0.4 is 10.1 Å². The standard InChI is InChI=1S/C22H13ClF3N7O2S/c1-35-21-14-4-2-3-13(12(14)5-6-27-21)17-16(22(24,25)26)18(36-32-17)20(34)31-11-9-15(23)19(28-10-11)33-29-7-8-30-33/h2-10H,1H3,(H,31,34). The van der Waals surface area contributed by atoms with Gasteiger partial charge in [-0.15, -0.1) is 4.80 Å². The molecule has 4 heterocycles. The number of hydrogen-bond acceptors (Lipinski definition) is 8. The topological polar surface area (TPSA) is 108 Å². The number of anilines is 1. The summed E-state index contributed by atoms with van der Waals surface area (Å²) in [6.07, 6.45) is 0.658. The normalized spacial score (nSPS) is 11.6. The van der Waals surface area contributed by atoms with E-state index in [0.717, 1.165) is 0 Å². The number of nitrogens with one attached hydrogen (secondary N) is 1. The van der Waals surface area contributed by atoms with Crippen molar-refractivity contribution in [3.8, 4) is 23.0 Å². The highest BCUT2D eigenvalue weighted by atomic mass is 35.5. The Kier molecular flexibility index (Phi) is 6.02. The number of methoxy groups -OCH3 is 1. The van der Waals surface area contributed by atoms with Gasteiger partial charge in [-0.25, -0.2) is 9.97 Å². The van der Waals surface area contributed by atoms with Gasteiger partial charge in [-0.2, -0.15) is 27.7 Å². The van der Waals surface area contributed by atoms with E-state index in [1.807, 2.05) is 0 Å². The third kappa shape index (κ3) is 4.22. The molecule has 9 nitrogen and oxygen atoms in total. The molecule has 0 bridgehead atoms. The van der Waals surface area contributed by atoms with E-state index in [-0.39, 0.29) is 33.7 Å². The third-order valence-electron chi connectivity index (χ3n) is 5.09. The maximum Gasteiger partial charge on any atom is 0.420 e. The van der Waals surface area contributed by atoms with Crippen molar-refractivity contribution >= 4 is 45.5 Å². The number of carbonyl (C=O) groups is 1. The Morgan fingerprint density at radius 3 is 2.58 bits per heavy atom. The van der Waals surface area contributed by atoms with Crippen LogP contribution in [0, 0.1) is 0 Å². The summed E-state index contributed by atoms with van der Waals surface area (Å²) in [5.41, 5.74) is -1.24. The molecule has 4 aromatic heterocycles. The van der Waals surface area contributed by atoms with Gasteiger partial charge in [-0.1, -0.05) is 23.7 Å². The largest absolute Gasteiger partial charge is 0.481 e. The van der Waals surface area contributed by atoms with Crippen LogP contribution >= 0.6 is 23.1 Å². The molecule has 1 amide bonds. The van der Waals surface area contributed by atoms with E-state index in [0.29, 0.717) is 22.3 Å². The monoisotopic (exact) mass is 531 g/mol. The summed E-state index contributed by atoms with van der Waals surface area (Å²) in [6, 6.07) is 7.65. The molecule has 182 valence electrons. The maximum absolute atomic E-state index is 14.2. The van der Waals surface area contributed by atoms with Crippen molar-refractivity contribution in [2.24, 2.45) is 0 Å². The number of halogens is 4. The van der Waals surface area contributed by atoms with Crippen LogP contribution in [-0.4, -0.2) is 42.4 Å². The zero-order chi connectivity index (χ0) is 25.4. The van der Waals surface area contributed by atoms with Crippen molar-refractivity contribution in [1.29, 1.82) is 0 Å². The minimum atomic E-state index is -4.86. The van der Waals surface area contributed by atoms with Crippen LogP contribution in [0.25, 0.3) is 27.8 Å². The van der Waals surface area contributed by atoms with Gasteiger partial charge in [-0.3, -0.25) is 4.79 Å². The van der Waals surface area contributed by atoms with Gasteiger partial charge in [0, 0.05) is 17.1 Å². The van der Waals surface area contributed by atoms with Gasteiger partial charge >= 0.3 is 6.18 Å². The second kappa shape index (κ2) is 9.17. The van der Waals surface area contributed by atoms with Crippen LogP contribution in [0.15, 0.2) is 55.1 Å². The molecule has 0 saturated heterocycles. The fourth-order valence-electron chi connectivity index (χ4n) is 3.60. The van der Waals surface area contributed by atoms with Gasteiger partial charge in [0.05, 0.1) is 42.1 Å². The molecule has 0 unspecified atom stereocenters. The molecule has 1 N–H and O–H groups in total. The second-order valence-electron chi connectivity index (χ2n) is 7.26. The minimum Gasteiger partial charge on any atom is -0.481 e. The number of amides is 1. The first-order chi connectivity index (χ1) is 17.3. The van der Waals surface area contributed by atoms with Crippen molar-refractivity contribution < 1.29 is 22.7 Å². The van der Waals surface area contributed by atoms with E-state index in [1.54, 1.807) is 18.2 Å². The van der Waals surface area contributed by atoms with Crippen molar-refractivity contribution in [3.05, 3.63) is 70.6 Å². The number of alkyl halides is 3. The highest BCUT2D eigenvalue weighted by Crippen LogP contribution is 2.43. The van der Waals surface area contributed by atoms with Crippen LogP contribution in [-0.2, 0) is 6.18 Å². The smallest absolute Gasteiger partial charge is 0.420 e. The number of benzene rings is 1. The number of nitrogens with zero attached hydrogens (tertiary/aromatic N) is 6. The van der Waals surface area contributed by atoms with Crippen LogP contribution in [0.3, 0.4) is 0 Å². The van der Waals surface area contributed by atoms with Gasteiger partial charge in [0.2, 0.25) is 5.88 Å². The number of carbonyl (C=O) groups excluding carboxylic acids is 1. The summed E-state index contributed by atoms with van der Waals surface area (Å²) in [7, 11) is 1.42. The quantitative estimate of drug-likeness (QED) is 0.329. The fourth-order valence-corrected chi connectivity index (χ4v) is 4.65. The summed E-state index contributed by atoms with van der Waals surface area (Å²) in [5, 5.41) is 11.3. The van der Waals surface area contributed by atoms with Crippen LogP contribution in [0.2, 0.25) is 5.02 Å². The summed E-state index contributed by atoms with van der Waals surface area (Å²) in [5.74, 6) is -0.556. The first-order valence-electron chi connectivity index (χ1n) is 10.1. The zero-order valence-corrected chi connectivity index (χ0v) is 19.7. The molecule has 1 aromatic carbocycles. The molecule has 5 aromatic rings. The highest BCUT2D eigenvalue weighted by molar-refractivity contribution is 7.08. The average molecular weight is 532 g/mol. The number of rotatable bonds is 5. The van der Waals surface area contributed by atoms with Crippen LogP contribution in [0.4, 0.5) is 18.9 Å². The molecule has 36 heavy (non-hydrogen) atoms. The molecule has 0 saturated carbocycles. The number of hydrogen-bond donors (Lipinski definition) is 1. The van der Waals surface area contributed by atoms with Gasteiger partial charge in [-0.05, 0) is 35.1 Å². The Morgan fingerprint density at radius 1 is 1.11 bits per heavy atom. The molecule has 0 aliphatic rings. The highest BCUT2D eigenvalue weighted by Gasteiger charge is 2.41. The predicted molar refractivity (Wildman–Crippen MR) is 127 cm³/mol. The molecule has 14 heteroatoms. The minimum absolute atomic E-state index is 0.0864. The summed E-state index contributed by atoms with van der Waals surface area (Å²) < 4.78 is 52.0. The molecule has 0 radical (unpaired) electrons. The number of ether oxygens (including phenoxy) is 1. The number of aromatic nitrogens is 6. The van der Waals surface area contributed by atoms with Crippen molar-refractivity contribution in [2.75, 3.05) is 12.4 Å². The molecule has 0 spiro atoms. The fraction of sp³-hybridized carbons (Fsp3) is 0.0909. The Balaban J connectivity index is 1.54. The lowest BCUT2D eigenvalue weighted by molar-refractivity contribution is -0.137. The maximum atomic E-state index is 14.2. The van der Waals surface area contributed by atoms with E-state index in [2.05, 4.69) is 29.9 Å².